The molecule has 1 amide bonds. The molecule has 4 aromatic rings. The minimum Gasteiger partial charge on any atom is -0.497 e. The molecular weight excluding hydrogens is 474 g/mol. The number of ether oxygens (including phenoxy) is 4. The Morgan fingerprint density at radius 1 is 0.857 bits per heavy atom. The summed E-state index contributed by atoms with van der Waals surface area (Å²) in [7, 11) is 5.92. The highest BCUT2D eigenvalue weighted by atomic mass is 35.5. The zero-order chi connectivity index (χ0) is 25.1. The maximum atomic E-state index is 13.5. The lowest BCUT2D eigenvalue weighted by Crippen LogP contribution is -2.17. The van der Waals surface area contributed by atoms with E-state index >= 15 is 0 Å². The van der Waals surface area contributed by atoms with Gasteiger partial charge in [-0.2, -0.15) is 0 Å². The molecule has 0 saturated heterocycles. The van der Waals surface area contributed by atoms with Gasteiger partial charge in [0.15, 0.2) is 11.5 Å². The molecule has 0 saturated carbocycles. The standard InChI is InChI=1S/C26H22ClNO7/c1-31-17-8-5-14(6-9-17)22-23(29)18-13-16(27)7-10-19(18)35-26(22)28-25(30)15-11-20(32-2)24(34-4)21(12-15)33-3/h5-13H,1-4H3,(H,28,30). The van der Waals surface area contributed by atoms with Crippen LogP contribution in [0.2, 0.25) is 5.02 Å². The van der Waals surface area contributed by atoms with Crippen LogP contribution in [0.5, 0.6) is 23.0 Å². The Morgan fingerprint density at radius 3 is 2.09 bits per heavy atom. The Hall–Kier alpha value is -4.17. The normalized spacial score (nSPS) is 10.7. The van der Waals surface area contributed by atoms with Crippen molar-refractivity contribution in [2.75, 3.05) is 33.8 Å². The molecule has 8 nitrogen and oxygen atoms in total. The number of halogens is 1. The summed E-state index contributed by atoms with van der Waals surface area (Å²) in [4.78, 5) is 26.8. The van der Waals surface area contributed by atoms with Crippen molar-refractivity contribution in [2.24, 2.45) is 0 Å². The lowest BCUT2D eigenvalue weighted by Gasteiger charge is -2.15. The first-order valence-electron chi connectivity index (χ1n) is 10.4. The number of fused-ring (bicyclic) bond motifs is 1. The van der Waals surface area contributed by atoms with Crippen LogP contribution in [0.3, 0.4) is 0 Å². The van der Waals surface area contributed by atoms with Crippen LogP contribution in [0.25, 0.3) is 22.1 Å². The van der Waals surface area contributed by atoms with Crippen molar-refractivity contribution in [2.45, 2.75) is 0 Å². The third kappa shape index (κ3) is 4.61. The van der Waals surface area contributed by atoms with Crippen LogP contribution in [0, 0.1) is 0 Å². The molecule has 0 bridgehead atoms. The molecule has 1 N–H and O–H groups in total. The van der Waals surface area contributed by atoms with Gasteiger partial charge in [-0.25, -0.2) is 0 Å². The second kappa shape index (κ2) is 9.99. The summed E-state index contributed by atoms with van der Waals surface area (Å²) in [5, 5.41) is 3.39. The highest BCUT2D eigenvalue weighted by Gasteiger charge is 2.22. The summed E-state index contributed by atoms with van der Waals surface area (Å²) in [6.45, 7) is 0. The van der Waals surface area contributed by atoms with Gasteiger partial charge in [-0.3, -0.25) is 14.9 Å². The van der Waals surface area contributed by atoms with Crippen LogP contribution in [-0.2, 0) is 0 Å². The quantitative estimate of drug-likeness (QED) is 0.366. The van der Waals surface area contributed by atoms with Gasteiger partial charge in [-0.05, 0) is 48.0 Å². The van der Waals surface area contributed by atoms with Crippen LogP contribution < -0.4 is 29.7 Å². The molecule has 0 aliphatic rings. The predicted octanol–water partition coefficient (Wildman–Crippen LogP) is 5.40. The van der Waals surface area contributed by atoms with Gasteiger partial charge < -0.3 is 23.4 Å². The first-order valence-corrected chi connectivity index (χ1v) is 10.8. The monoisotopic (exact) mass is 495 g/mol. The van der Waals surface area contributed by atoms with Crippen molar-refractivity contribution in [1.82, 2.24) is 0 Å². The van der Waals surface area contributed by atoms with Crippen LogP contribution >= 0.6 is 11.6 Å². The summed E-state index contributed by atoms with van der Waals surface area (Å²) < 4.78 is 27.2. The zero-order valence-electron chi connectivity index (χ0n) is 19.4. The molecule has 3 aromatic carbocycles. The molecule has 4 rings (SSSR count). The second-order valence-electron chi connectivity index (χ2n) is 7.37. The smallest absolute Gasteiger partial charge is 0.258 e. The van der Waals surface area contributed by atoms with Crippen LogP contribution in [0.1, 0.15) is 10.4 Å². The van der Waals surface area contributed by atoms with E-state index in [2.05, 4.69) is 5.32 Å². The highest BCUT2D eigenvalue weighted by Crippen LogP contribution is 2.39. The largest absolute Gasteiger partial charge is 0.497 e. The van der Waals surface area contributed by atoms with E-state index < -0.39 is 5.91 Å². The number of benzene rings is 3. The maximum Gasteiger partial charge on any atom is 0.258 e. The Morgan fingerprint density at radius 2 is 1.51 bits per heavy atom. The fourth-order valence-electron chi connectivity index (χ4n) is 3.66. The van der Waals surface area contributed by atoms with Crippen molar-refractivity contribution >= 4 is 34.4 Å². The van der Waals surface area contributed by atoms with E-state index in [1.54, 1.807) is 43.5 Å². The molecular formula is C26H22ClNO7. The van der Waals surface area contributed by atoms with Crippen LogP contribution in [0.4, 0.5) is 5.88 Å². The molecule has 35 heavy (non-hydrogen) atoms. The van der Waals surface area contributed by atoms with Gasteiger partial charge in [-0.1, -0.05) is 23.7 Å². The topological polar surface area (TPSA) is 96.2 Å². The summed E-state index contributed by atoms with van der Waals surface area (Å²) in [6, 6.07) is 14.5. The van der Waals surface area contributed by atoms with Gasteiger partial charge in [0.25, 0.3) is 5.91 Å². The first kappa shape index (κ1) is 24.0. The number of carbonyl (C=O) groups excluding carboxylic acids is 1. The van der Waals surface area contributed by atoms with E-state index in [0.717, 1.165) is 0 Å². The molecule has 0 aliphatic heterocycles. The number of anilines is 1. The molecule has 0 unspecified atom stereocenters. The van der Waals surface area contributed by atoms with Crippen molar-refractivity contribution in [3.05, 3.63) is 75.4 Å². The van der Waals surface area contributed by atoms with Gasteiger partial charge in [0.05, 0.1) is 39.4 Å². The highest BCUT2D eigenvalue weighted by molar-refractivity contribution is 6.31. The van der Waals surface area contributed by atoms with Gasteiger partial charge >= 0.3 is 0 Å². The average molecular weight is 496 g/mol. The Kier molecular flexibility index (Phi) is 6.84. The molecule has 0 atom stereocenters. The third-order valence-corrected chi connectivity index (χ3v) is 5.62. The van der Waals surface area contributed by atoms with Gasteiger partial charge in [0.2, 0.25) is 17.1 Å². The molecule has 9 heteroatoms. The molecule has 0 aliphatic carbocycles. The van der Waals surface area contributed by atoms with Crippen molar-refractivity contribution in [1.29, 1.82) is 0 Å². The van der Waals surface area contributed by atoms with Gasteiger partial charge in [0, 0.05) is 10.6 Å². The zero-order valence-corrected chi connectivity index (χ0v) is 20.2. The van der Waals surface area contributed by atoms with Crippen LogP contribution in [0.15, 0.2) is 63.8 Å². The van der Waals surface area contributed by atoms with E-state index in [-0.39, 0.29) is 33.4 Å². The Bertz CT molecular complexity index is 1440. The van der Waals surface area contributed by atoms with Gasteiger partial charge in [-0.15, -0.1) is 0 Å². The number of amides is 1. The number of carbonyl (C=O) groups is 1. The number of nitrogens with one attached hydrogen (secondary N) is 1. The second-order valence-corrected chi connectivity index (χ2v) is 7.81. The minimum atomic E-state index is -0.546. The molecule has 0 spiro atoms. The number of hydrogen-bond acceptors (Lipinski definition) is 7. The van der Waals surface area contributed by atoms with E-state index in [1.807, 2.05) is 0 Å². The van der Waals surface area contributed by atoms with E-state index in [9.17, 15) is 9.59 Å². The average Bonchev–Trinajstić information content (AvgIpc) is 2.88. The molecule has 0 fully saturated rings. The Labute approximate surface area is 205 Å². The predicted molar refractivity (Wildman–Crippen MR) is 134 cm³/mol. The summed E-state index contributed by atoms with van der Waals surface area (Å²) in [5.41, 5.74) is 0.833. The number of hydrogen-bond donors (Lipinski definition) is 1. The molecule has 0 radical (unpaired) electrons. The number of rotatable bonds is 7. The maximum absolute atomic E-state index is 13.5. The summed E-state index contributed by atoms with van der Waals surface area (Å²) in [5.74, 6) is 1.01. The molecule has 1 heterocycles. The minimum absolute atomic E-state index is 0.0197. The van der Waals surface area contributed by atoms with E-state index in [0.29, 0.717) is 33.6 Å². The van der Waals surface area contributed by atoms with E-state index in [4.69, 9.17) is 35.0 Å². The van der Waals surface area contributed by atoms with Gasteiger partial charge in [0.1, 0.15) is 11.3 Å². The molecule has 180 valence electrons. The first-order chi connectivity index (χ1) is 16.9. The van der Waals surface area contributed by atoms with E-state index in [1.165, 1.54) is 39.5 Å². The lowest BCUT2D eigenvalue weighted by molar-refractivity contribution is 0.102. The van der Waals surface area contributed by atoms with Crippen molar-refractivity contribution < 1.29 is 28.2 Å². The third-order valence-electron chi connectivity index (χ3n) is 5.39. The summed E-state index contributed by atoms with van der Waals surface area (Å²) in [6.07, 6.45) is 0. The number of methoxy groups -OCH3 is 4. The van der Waals surface area contributed by atoms with Crippen LogP contribution in [-0.4, -0.2) is 34.3 Å². The summed E-state index contributed by atoms with van der Waals surface area (Å²) >= 11 is 6.11. The van der Waals surface area contributed by atoms with Crippen molar-refractivity contribution in [3.63, 3.8) is 0 Å². The fourth-order valence-corrected chi connectivity index (χ4v) is 3.83. The Balaban J connectivity index is 1.86. The lowest BCUT2D eigenvalue weighted by atomic mass is 10.0. The molecule has 1 aromatic heterocycles. The SMILES string of the molecule is COc1ccc(-c2c(NC(=O)c3cc(OC)c(OC)c(OC)c3)oc3ccc(Cl)cc3c2=O)cc1. The fraction of sp³-hybridized carbons (Fsp3) is 0.154. The van der Waals surface area contributed by atoms with Crippen molar-refractivity contribution in [3.8, 4) is 34.1 Å².